The smallest absolute Gasteiger partial charge is 0.337 e. The standard InChI is InChI=1S/C12H15FN2O3S/c1-19-6-5-9(14)11(16)15-10-7(12(17)18)3-2-4-8(10)13/h2-4,9H,5-6,14H2,1H3,(H,15,16)(H,17,18)/t9-/m1/s1. The molecule has 0 aliphatic heterocycles. The molecule has 1 atom stereocenters. The predicted molar refractivity (Wildman–Crippen MR) is 73.0 cm³/mol. The highest BCUT2D eigenvalue weighted by molar-refractivity contribution is 7.98. The van der Waals surface area contributed by atoms with Gasteiger partial charge in [0.1, 0.15) is 5.82 Å². The molecule has 0 aliphatic rings. The molecule has 7 heteroatoms. The number of nitrogens with two attached hydrogens (primary N) is 1. The van der Waals surface area contributed by atoms with Gasteiger partial charge >= 0.3 is 5.97 Å². The van der Waals surface area contributed by atoms with Gasteiger partial charge in [-0.3, -0.25) is 4.79 Å². The van der Waals surface area contributed by atoms with Crippen molar-refractivity contribution in [1.82, 2.24) is 0 Å². The van der Waals surface area contributed by atoms with Gasteiger partial charge in [-0.1, -0.05) is 6.07 Å². The van der Waals surface area contributed by atoms with E-state index in [1.165, 1.54) is 23.9 Å². The van der Waals surface area contributed by atoms with Crippen molar-refractivity contribution in [3.63, 3.8) is 0 Å². The van der Waals surface area contributed by atoms with E-state index in [0.717, 1.165) is 6.07 Å². The number of aromatic carboxylic acids is 1. The number of anilines is 1. The molecule has 0 heterocycles. The van der Waals surface area contributed by atoms with E-state index in [4.69, 9.17) is 10.8 Å². The number of carboxylic acids is 1. The van der Waals surface area contributed by atoms with E-state index < -0.39 is 23.7 Å². The predicted octanol–water partition coefficient (Wildman–Crippen LogP) is 1.54. The Labute approximate surface area is 114 Å². The van der Waals surface area contributed by atoms with Crippen LogP contribution < -0.4 is 11.1 Å². The molecule has 0 fully saturated rings. The minimum absolute atomic E-state index is 0.301. The number of halogens is 1. The zero-order valence-electron chi connectivity index (χ0n) is 10.4. The fraction of sp³-hybridized carbons (Fsp3) is 0.333. The molecule has 0 aliphatic carbocycles. The molecule has 1 rings (SSSR count). The summed E-state index contributed by atoms with van der Waals surface area (Å²) >= 11 is 1.54. The Kier molecular flexibility index (Phi) is 5.78. The van der Waals surface area contributed by atoms with Crippen molar-refractivity contribution in [2.45, 2.75) is 12.5 Å². The topological polar surface area (TPSA) is 92.4 Å². The quantitative estimate of drug-likeness (QED) is 0.737. The van der Waals surface area contributed by atoms with Crippen molar-refractivity contribution >= 4 is 29.3 Å². The summed E-state index contributed by atoms with van der Waals surface area (Å²) in [5.41, 5.74) is 4.98. The molecule has 0 saturated heterocycles. The summed E-state index contributed by atoms with van der Waals surface area (Å²) in [6.45, 7) is 0. The number of carbonyl (C=O) groups is 2. The minimum Gasteiger partial charge on any atom is -0.478 e. The summed E-state index contributed by atoms with van der Waals surface area (Å²) in [5, 5.41) is 11.2. The molecule has 1 aromatic rings. The van der Waals surface area contributed by atoms with Crippen LogP contribution in [0.2, 0.25) is 0 Å². The largest absolute Gasteiger partial charge is 0.478 e. The summed E-state index contributed by atoms with van der Waals surface area (Å²) in [6, 6.07) is 2.76. The maximum atomic E-state index is 13.6. The molecule has 1 aromatic carbocycles. The number of thioether (sulfide) groups is 1. The highest BCUT2D eigenvalue weighted by Crippen LogP contribution is 2.20. The normalized spacial score (nSPS) is 11.9. The van der Waals surface area contributed by atoms with Gasteiger partial charge < -0.3 is 16.2 Å². The second kappa shape index (κ2) is 7.10. The van der Waals surface area contributed by atoms with Crippen LogP contribution in [-0.2, 0) is 4.79 Å². The summed E-state index contributed by atoms with van der Waals surface area (Å²) < 4.78 is 13.6. The first-order valence-corrected chi connectivity index (χ1v) is 6.94. The molecule has 19 heavy (non-hydrogen) atoms. The van der Waals surface area contributed by atoms with Gasteiger partial charge in [0, 0.05) is 0 Å². The van der Waals surface area contributed by atoms with Crippen molar-refractivity contribution in [2.75, 3.05) is 17.3 Å². The molecular weight excluding hydrogens is 271 g/mol. The van der Waals surface area contributed by atoms with Gasteiger partial charge in [-0.15, -0.1) is 0 Å². The van der Waals surface area contributed by atoms with Crippen LogP contribution in [0.15, 0.2) is 18.2 Å². The number of benzene rings is 1. The number of rotatable bonds is 6. The molecule has 0 saturated carbocycles. The van der Waals surface area contributed by atoms with Crippen molar-refractivity contribution in [2.24, 2.45) is 5.73 Å². The maximum absolute atomic E-state index is 13.6. The Hall–Kier alpha value is -1.60. The van der Waals surface area contributed by atoms with E-state index in [-0.39, 0.29) is 11.3 Å². The maximum Gasteiger partial charge on any atom is 0.337 e. The fourth-order valence-corrected chi connectivity index (χ4v) is 1.91. The summed E-state index contributed by atoms with van der Waals surface area (Å²) in [7, 11) is 0. The highest BCUT2D eigenvalue weighted by Gasteiger charge is 2.19. The molecule has 1 amide bonds. The Balaban J connectivity index is 2.87. The van der Waals surface area contributed by atoms with E-state index in [1.807, 2.05) is 6.26 Å². The number of nitrogens with one attached hydrogen (secondary N) is 1. The number of amides is 1. The van der Waals surface area contributed by atoms with E-state index in [9.17, 15) is 14.0 Å². The van der Waals surface area contributed by atoms with Crippen molar-refractivity contribution < 1.29 is 19.1 Å². The third kappa shape index (κ3) is 4.22. The second-order valence-corrected chi connectivity index (χ2v) is 4.83. The van der Waals surface area contributed by atoms with Crippen LogP contribution in [-0.4, -0.2) is 35.0 Å². The van der Waals surface area contributed by atoms with E-state index >= 15 is 0 Å². The first-order valence-electron chi connectivity index (χ1n) is 5.54. The number of hydrogen-bond acceptors (Lipinski definition) is 4. The van der Waals surface area contributed by atoms with Crippen LogP contribution in [0.3, 0.4) is 0 Å². The average Bonchev–Trinajstić information content (AvgIpc) is 2.37. The van der Waals surface area contributed by atoms with Gasteiger partial charge in [-0.2, -0.15) is 11.8 Å². The Morgan fingerprint density at radius 1 is 1.53 bits per heavy atom. The first kappa shape index (κ1) is 15.5. The van der Waals surface area contributed by atoms with Crippen LogP contribution in [0.25, 0.3) is 0 Å². The lowest BCUT2D eigenvalue weighted by atomic mass is 10.1. The van der Waals surface area contributed by atoms with Gasteiger partial charge in [0.25, 0.3) is 0 Å². The average molecular weight is 286 g/mol. The molecular formula is C12H15FN2O3S. The lowest BCUT2D eigenvalue weighted by Crippen LogP contribution is -2.36. The van der Waals surface area contributed by atoms with Crippen LogP contribution in [0.5, 0.6) is 0 Å². The fourth-order valence-electron chi connectivity index (χ4n) is 1.42. The number of hydrogen-bond donors (Lipinski definition) is 3. The molecule has 0 unspecified atom stereocenters. The second-order valence-electron chi connectivity index (χ2n) is 3.84. The van der Waals surface area contributed by atoms with Crippen LogP contribution >= 0.6 is 11.8 Å². The SMILES string of the molecule is CSCC[C@@H](N)C(=O)Nc1c(F)cccc1C(=O)O. The lowest BCUT2D eigenvalue weighted by Gasteiger charge is -2.13. The monoisotopic (exact) mass is 286 g/mol. The molecule has 104 valence electrons. The van der Waals surface area contributed by atoms with Gasteiger partial charge in [0.2, 0.25) is 5.91 Å². The number of carboxylic acid groups (broad SMARTS) is 1. The molecule has 5 nitrogen and oxygen atoms in total. The van der Waals surface area contributed by atoms with E-state index in [0.29, 0.717) is 12.2 Å². The Bertz CT molecular complexity index is 482. The molecule has 0 aromatic heterocycles. The summed E-state index contributed by atoms with van der Waals surface area (Å²) in [5.74, 6) is -2.02. The third-order valence-corrected chi connectivity index (χ3v) is 3.11. The Morgan fingerprint density at radius 2 is 2.21 bits per heavy atom. The van der Waals surface area contributed by atoms with Gasteiger partial charge in [-0.05, 0) is 30.6 Å². The zero-order valence-corrected chi connectivity index (χ0v) is 11.2. The van der Waals surface area contributed by atoms with Crippen LogP contribution in [0, 0.1) is 5.82 Å². The van der Waals surface area contributed by atoms with Crippen molar-refractivity contribution in [3.8, 4) is 0 Å². The van der Waals surface area contributed by atoms with Gasteiger partial charge in [0.05, 0.1) is 17.3 Å². The Morgan fingerprint density at radius 3 is 2.79 bits per heavy atom. The molecule has 0 radical (unpaired) electrons. The number of para-hydroxylation sites is 1. The third-order valence-electron chi connectivity index (χ3n) is 2.46. The lowest BCUT2D eigenvalue weighted by molar-refractivity contribution is -0.117. The van der Waals surface area contributed by atoms with E-state index in [1.54, 1.807) is 0 Å². The van der Waals surface area contributed by atoms with Crippen LogP contribution in [0.4, 0.5) is 10.1 Å². The van der Waals surface area contributed by atoms with Crippen molar-refractivity contribution in [3.05, 3.63) is 29.6 Å². The van der Waals surface area contributed by atoms with Crippen molar-refractivity contribution in [1.29, 1.82) is 0 Å². The zero-order chi connectivity index (χ0) is 14.4. The van der Waals surface area contributed by atoms with Gasteiger partial charge in [-0.25, -0.2) is 9.18 Å². The van der Waals surface area contributed by atoms with Gasteiger partial charge in [0.15, 0.2) is 0 Å². The molecule has 4 N–H and O–H groups in total. The first-order chi connectivity index (χ1) is 8.97. The molecule has 0 spiro atoms. The number of carbonyl (C=O) groups excluding carboxylic acids is 1. The minimum atomic E-state index is -1.31. The summed E-state index contributed by atoms with van der Waals surface area (Å²) in [6.07, 6.45) is 2.31. The summed E-state index contributed by atoms with van der Waals surface area (Å²) in [4.78, 5) is 22.7. The highest BCUT2D eigenvalue weighted by atomic mass is 32.2. The van der Waals surface area contributed by atoms with E-state index in [2.05, 4.69) is 5.32 Å². The molecule has 0 bridgehead atoms. The van der Waals surface area contributed by atoms with Crippen LogP contribution in [0.1, 0.15) is 16.8 Å².